The van der Waals surface area contributed by atoms with Crippen LogP contribution in [0.15, 0.2) is 21.5 Å². The van der Waals surface area contributed by atoms with E-state index < -0.39 is 50.2 Å². The second-order valence-electron chi connectivity index (χ2n) is 3.78. The van der Waals surface area contributed by atoms with Crippen molar-refractivity contribution in [3.05, 3.63) is 28.2 Å². The van der Waals surface area contributed by atoms with Gasteiger partial charge in [0.2, 0.25) is 0 Å². The first-order valence-electron chi connectivity index (χ1n) is 4.89. The Morgan fingerprint density at radius 2 is 1.27 bits per heavy atom. The van der Waals surface area contributed by atoms with Crippen molar-refractivity contribution in [3.63, 3.8) is 0 Å². The van der Waals surface area contributed by atoms with Crippen LogP contribution in [-0.4, -0.2) is 17.9 Å². The first-order chi connectivity index (χ1) is 9.58. The molecule has 12 heteroatoms. The Labute approximate surface area is 129 Å². The lowest BCUT2D eigenvalue weighted by Crippen LogP contribution is -2.50. The summed E-state index contributed by atoms with van der Waals surface area (Å²) in [5.74, 6) is 0. The molecule has 22 heavy (non-hydrogen) atoms. The van der Waals surface area contributed by atoms with Gasteiger partial charge in [-0.25, -0.2) is 4.39 Å². The number of rotatable bonds is 2. The fourth-order valence-corrected chi connectivity index (χ4v) is 2.56. The first kappa shape index (κ1) is 19.4. The van der Waals surface area contributed by atoms with Crippen molar-refractivity contribution in [2.75, 3.05) is 0 Å². The second-order valence-corrected chi connectivity index (χ2v) is 5.74. The van der Waals surface area contributed by atoms with Crippen LogP contribution in [0.3, 0.4) is 0 Å². The summed E-state index contributed by atoms with van der Waals surface area (Å²) < 4.78 is 125. The highest BCUT2D eigenvalue weighted by Crippen LogP contribution is 2.54. The van der Waals surface area contributed by atoms with Gasteiger partial charge in [0.25, 0.3) is 0 Å². The molecule has 125 valence electrons. The van der Waals surface area contributed by atoms with E-state index in [0.29, 0.717) is 0 Å². The van der Waals surface area contributed by atoms with E-state index in [-0.39, 0.29) is 12.1 Å². The van der Waals surface area contributed by atoms with E-state index in [1.807, 2.05) is 6.07 Å². The minimum atomic E-state index is -6.41. The quantitative estimate of drug-likeness (QED) is 0.406. The third-order valence-corrected chi connectivity index (χ3v) is 3.31. The SMILES string of the molecule is FC(F)(F)Sc1[c]c(Br)cc(C(F)(C(F)(F)F)C(F)(F)F)c1. The van der Waals surface area contributed by atoms with Crippen LogP contribution < -0.4 is 0 Å². The Balaban J connectivity index is 3.52. The Hall–Kier alpha value is -0.650. The fraction of sp³-hybridized carbons (Fsp3) is 0.400. The van der Waals surface area contributed by atoms with Crippen LogP contribution in [0.25, 0.3) is 0 Å². The summed E-state index contributed by atoms with van der Waals surface area (Å²) in [7, 11) is 0. The maximum atomic E-state index is 13.8. The fourth-order valence-electron chi connectivity index (χ4n) is 1.38. The van der Waals surface area contributed by atoms with E-state index in [2.05, 4.69) is 15.9 Å². The summed E-state index contributed by atoms with van der Waals surface area (Å²) in [5.41, 5.74) is -12.8. The lowest BCUT2D eigenvalue weighted by Gasteiger charge is -2.30. The number of halogens is 11. The maximum absolute atomic E-state index is 13.8. The average molecular weight is 424 g/mol. The summed E-state index contributed by atoms with van der Waals surface area (Å²) in [6, 6.07) is 1.72. The third kappa shape index (κ3) is 4.00. The zero-order chi connectivity index (χ0) is 17.6. The number of thioether (sulfide) groups is 1. The van der Waals surface area contributed by atoms with Gasteiger partial charge in [-0.15, -0.1) is 0 Å². The van der Waals surface area contributed by atoms with Gasteiger partial charge in [0, 0.05) is 21.0 Å². The Morgan fingerprint density at radius 3 is 1.64 bits per heavy atom. The third-order valence-electron chi connectivity index (χ3n) is 2.22. The zero-order valence-electron chi connectivity index (χ0n) is 9.72. The number of alkyl halides is 10. The molecule has 0 atom stereocenters. The number of benzene rings is 1. The zero-order valence-corrected chi connectivity index (χ0v) is 12.1. The molecule has 0 aromatic heterocycles. The molecule has 0 spiro atoms. The van der Waals surface area contributed by atoms with E-state index >= 15 is 0 Å². The van der Waals surface area contributed by atoms with E-state index in [9.17, 15) is 43.9 Å². The highest BCUT2D eigenvalue weighted by Gasteiger charge is 2.73. The molecule has 1 aromatic carbocycles. The van der Waals surface area contributed by atoms with Gasteiger partial charge in [-0.1, -0.05) is 15.9 Å². The largest absolute Gasteiger partial charge is 0.446 e. The smallest absolute Gasteiger partial charge is 0.218 e. The number of hydrogen-bond acceptors (Lipinski definition) is 1. The molecule has 0 aliphatic rings. The topological polar surface area (TPSA) is 0 Å². The van der Waals surface area contributed by atoms with E-state index in [4.69, 9.17) is 0 Å². The maximum Gasteiger partial charge on any atom is 0.446 e. The van der Waals surface area contributed by atoms with Gasteiger partial charge >= 0.3 is 23.5 Å². The van der Waals surface area contributed by atoms with E-state index in [1.54, 1.807) is 0 Å². The van der Waals surface area contributed by atoms with Gasteiger partial charge in [-0.3, -0.25) is 0 Å². The Kier molecular flexibility index (Phi) is 5.08. The van der Waals surface area contributed by atoms with E-state index in [1.165, 1.54) is 0 Å². The molecule has 1 rings (SSSR count). The highest BCUT2D eigenvalue weighted by molar-refractivity contribution is 9.10. The molecule has 0 bridgehead atoms. The van der Waals surface area contributed by atoms with Crippen LogP contribution in [0.2, 0.25) is 0 Å². The van der Waals surface area contributed by atoms with Crippen LogP contribution in [0.4, 0.5) is 43.9 Å². The van der Waals surface area contributed by atoms with Crippen LogP contribution in [0.5, 0.6) is 0 Å². The lowest BCUT2D eigenvalue weighted by molar-refractivity contribution is -0.348. The van der Waals surface area contributed by atoms with Gasteiger partial charge in [0.05, 0.1) is 0 Å². The summed E-state index contributed by atoms with van der Waals surface area (Å²) in [6.07, 6.45) is -12.8. The summed E-state index contributed by atoms with van der Waals surface area (Å²) in [4.78, 5) is -1.15. The van der Waals surface area contributed by atoms with Crippen LogP contribution in [0.1, 0.15) is 5.56 Å². The molecule has 0 amide bonds. The first-order valence-corrected chi connectivity index (χ1v) is 6.50. The van der Waals surface area contributed by atoms with Crippen molar-refractivity contribution in [1.82, 2.24) is 0 Å². The van der Waals surface area contributed by atoms with Crippen molar-refractivity contribution in [2.24, 2.45) is 0 Å². The monoisotopic (exact) mass is 423 g/mol. The van der Waals surface area contributed by atoms with Crippen LogP contribution >= 0.6 is 27.7 Å². The van der Waals surface area contributed by atoms with Gasteiger partial charge in [0.15, 0.2) is 0 Å². The Morgan fingerprint density at radius 1 is 0.818 bits per heavy atom. The highest BCUT2D eigenvalue weighted by atomic mass is 79.9. The molecular weight excluding hydrogens is 422 g/mol. The van der Waals surface area contributed by atoms with Crippen molar-refractivity contribution in [1.29, 1.82) is 0 Å². The molecule has 0 saturated heterocycles. The molecule has 0 aliphatic carbocycles. The summed E-state index contributed by atoms with van der Waals surface area (Å²) in [5, 5.41) is 0. The minimum Gasteiger partial charge on any atom is -0.218 e. The molecule has 0 saturated carbocycles. The van der Waals surface area contributed by atoms with Crippen molar-refractivity contribution in [2.45, 2.75) is 28.4 Å². The Bertz CT molecular complexity index is 530. The van der Waals surface area contributed by atoms with Crippen molar-refractivity contribution < 1.29 is 43.9 Å². The molecule has 1 aromatic rings. The molecule has 0 heterocycles. The number of hydrogen-bond donors (Lipinski definition) is 0. The molecule has 0 unspecified atom stereocenters. The lowest BCUT2D eigenvalue weighted by atomic mass is 9.94. The van der Waals surface area contributed by atoms with Gasteiger partial charge in [-0.05, 0) is 23.9 Å². The molecule has 1 radical (unpaired) electrons. The minimum absolute atomic E-state index is 0.0708. The van der Waals surface area contributed by atoms with Gasteiger partial charge in [-0.2, -0.15) is 39.5 Å². The van der Waals surface area contributed by atoms with Crippen molar-refractivity contribution in [3.8, 4) is 0 Å². The second kappa shape index (κ2) is 5.77. The molecular formula is C10H2BrF10S. The molecule has 0 nitrogen and oxygen atoms in total. The molecule has 0 N–H and O–H groups in total. The standard InChI is InChI=1S/C10H2BrF10S/c11-5-1-4(2-6(3-5)22-10(19,20)21)7(12,8(13,14)15)9(16,17)18/h1-2H. The van der Waals surface area contributed by atoms with Crippen molar-refractivity contribution >= 4 is 27.7 Å². The molecule has 0 fully saturated rings. The predicted octanol–water partition coefficient (Wildman–Crippen LogP) is 6.15. The van der Waals surface area contributed by atoms with E-state index in [0.717, 1.165) is 0 Å². The van der Waals surface area contributed by atoms with Crippen LogP contribution in [-0.2, 0) is 5.67 Å². The normalized spacial score (nSPS) is 14.3. The van der Waals surface area contributed by atoms with Gasteiger partial charge < -0.3 is 0 Å². The predicted molar refractivity (Wildman–Crippen MR) is 59.8 cm³/mol. The summed E-state index contributed by atoms with van der Waals surface area (Å²) in [6.45, 7) is 0. The van der Waals surface area contributed by atoms with Crippen LogP contribution in [0, 0.1) is 6.07 Å². The summed E-state index contributed by atoms with van der Waals surface area (Å²) >= 11 is 1.39. The average Bonchev–Trinajstić information content (AvgIpc) is 2.21. The van der Waals surface area contributed by atoms with Gasteiger partial charge in [0.1, 0.15) is 0 Å². The molecule has 0 aliphatic heterocycles.